The molecule has 2 heterocycles. The molecule has 0 aliphatic heterocycles. The van der Waals surface area contributed by atoms with E-state index in [4.69, 9.17) is 0 Å². The molecule has 1 aromatic carbocycles. The van der Waals surface area contributed by atoms with E-state index in [1.807, 2.05) is 27.7 Å². The minimum Gasteiger partial charge on any atom is -0.326 e. The zero-order valence-electron chi connectivity index (χ0n) is 17.2. The first-order chi connectivity index (χ1) is 13.8. The molecule has 2 N–H and O–H groups in total. The predicted molar refractivity (Wildman–Crippen MR) is 112 cm³/mol. The first kappa shape index (κ1) is 20.4. The molecule has 0 fully saturated rings. The van der Waals surface area contributed by atoms with Crippen LogP contribution in [0.3, 0.4) is 0 Å². The quantitative estimate of drug-likeness (QED) is 0.640. The van der Waals surface area contributed by atoms with Crippen LogP contribution in [0.25, 0.3) is 5.78 Å². The van der Waals surface area contributed by atoms with Crippen molar-refractivity contribution in [1.29, 1.82) is 0 Å². The number of rotatable bonds is 7. The molecular weight excluding hydrogens is 368 g/mol. The third-order valence-corrected chi connectivity index (χ3v) is 4.64. The van der Waals surface area contributed by atoms with Crippen LogP contribution in [0.2, 0.25) is 0 Å². The first-order valence-electron chi connectivity index (χ1n) is 9.69. The lowest BCUT2D eigenvalue weighted by atomic mass is 10.1. The Morgan fingerprint density at radius 2 is 1.66 bits per heavy atom. The van der Waals surface area contributed by atoms with Crippen molar-refractivity contribution in [3.05, 3.63) is 47.5 Å². The van der Waals surface area contributed by atoms with Gasteiger partial charge in [0.05, 0.1) is 0 Å². The second-order valence-electron chi connectivity index (χ2n) is 7.50. The Bertz CT molecular complexity index is 1020. The third-order valence-electron chi connectivity index (χ3n) is 4.64. The molecule has 0 bridgehead atoms. The Balaban J connectivity index is 1.57. The van der Waals surface area contributed by atoms with Gasteiger partial charge in [-0.05, 0) is 56.0 Å². The average molecular weight is 394 g/mol. The SMILES string of the molecule is Cc1nc2ncnn2c(C)c1CCC(=O)Nc1ccc(NC(=O)CC(C)C)cc1. The van der Waals surface area contributed by atoms with E-state index in [9.17, 15) is 9.59 Å². The molecule has 2 aromatic heterocycles. The van der Waals surface area contributed by atoms with E-state index in [0.29, 0.717) is 42.3 Å². The maximum Gasteiger partial charge on any atom is 0.252 e. The molecule has 0 saturated heterocycles. The molecule has 0 radical (unpaired) electrons. The number of hydrogen-bond donors (Lipinski definition) is 2. The van der Waals surface area contributed by atoms with Crippen LogP contribution in [0.4, 0.5) is 11.4 Å². The van der Waals surface area contributed by atoms with Gasteiger partial charge in [0, 0.05) is 35.6 Å². The number of fused-ring (bicyclic) bond motifs is 1. The molecule has 0 aliphatic rings. The van der Waals surface area contributed by atoms with Gasteiger partial charge in [-0.3, -0.25) is 9.59 Å². The fourth-order valence-corrected chi connectivity index (χ4v) is 3.20. The van der Waals surface area contributed by atoms with Crippen LogP contribution in [0.1, 0.15) is 43.6 Å². The van der Waals surface area contributed by atoms with Gasteiger partial charge < -0.3 is 10.6 Å². The van der Waals surface area contributed by atoms with Gasteiger partial charge in [-0.15, -0.1) is 0 Å². The molecular formula is C21H26N6O2. The molecule has 152 valence electrons. The summed E-state index contributed by atoms with van der Waals surface area (Å²) in [6, 6.07) is 7.13. The van der Waals surface area contributed by atoms with Crippen LogP contribution in [0.15, 0.2) is 30.6 Å². The fraction of sp³-hybridized carbons (Fsp3) is 0.381. The molecule has 3 rings (SSSR count). The van der Waals surface area contributed by atoms with E-state index >= 15 is 0 Å². The van der Waals surface area contributed by atoms with Gasteiger partial charge in [-0.2, -0.15) is 10.1 Å². The number of benzene rings is 1. The predicted octanol–water partition coefficient (Wildman–Crippen LogP) is 3.30. The van der Waals surface area contributed by atoms with E-state index in [1.54, 1.807) is 28.8 Å². The molecule has 0 spiro atoms. The number of aryl methyl sites for hydroxylation is 2. The fourth-order valence-electron chi connectivity index (χ4n) is 3.20. The lowest BCUT2D eigenvalue weighted by molar-refractivity contribution is -0.117. The third kappa shape index (κ3) is 5.16. The number of anilines is 2. The van der Waals surface area contributed by atoms with Crippen LogP contribution in [-0.2, 0) is 16.0 Å². The molecule has 0 saturated carbocycles. The summed E-state index contributed by atoms with van der Waals surface area (Å²) in [6.07, 6.45) is 2.85. The van der Waals surface area contributed by atoms with Crippen molar-refractivity contribution in [1.82, 2.24) is 19.6 Å². The van der Waals surface area contributed by atoms with Gasteiger partial charge in [0.25, 0.3) is 5.78 Å². The Kier molecular flexibility index (Phi) is 6.21. The van der Waals surface area contributed by atoms with E-state index in [0.717, 1.165) is 17.0 Å². The second kappa shape index (κ2) is 8.81. The summed E-state index contributed by atoms with van der Waals surface area (Å²) in [5.41, 5.74) is 4.21. The highest BCUT2D eigenvalue weighted by molar-refractivity contribution is 5.93. The van der Waals surface area contributed by atoms with Crippen LogP contribution in [-0.4, -0.2) is 31.4 Å². The molecule has 2 amide bonds. The smallest absolute Gasteiger partial charge is 0.252 e. The van der Waals surface area contributed by atoms with E-state index in [2.05, 4.69) is 25.7 Å². The summed E-state index contributed by atoms with van der Waals surface area (Å²) in [5.74, 6) is 0.773. The van der Waals surface area contributed by atoms with E-state index < -0.39 is 0 Å². The van der Waals surface area contributed by atoms with Crippen LogP contribution in [0, 0.1) is 19.8 Å². The highest BCUT2D eigenvalue weighted by Gasteiger charge is 2.13. The van der Waals surface area contributed by atoms with Crippen molar-refractivity contribution in [3.8, 4) is 0 Å². The second-order valence-corrected chi connectivity index (χ2v) is 7.50. The van der Waals surface area contributed by atoms with Crippen molar-refractivity contribution in [3.63, 3.8) is 0 Å². The number of carbonyl (C=O) groups is 2. The maximum atomic E-state index is 12.4. The minimum absolute atomic E-state index is 0.0134. The van der Waals surface area contributed by atoms with Crippen LogP contribution < -0.4 is 10.6 Å². The van der Waals surface area contributed by atoms with Gasteiger partial charge in [0.2, 0.25) is 11.8 Å². The summed E-state index contributed by atoms with van der Waals surface area (Å²) < 4.78 is 1.69. The molecule has 0 atom stereocenters. The topological polar surface area (TPSA) is 101 Å². The summed E-state index contributed by atoms with van der Waals surface area (Å²) in [7, 11) is 0. The Morgan fingerprint density at radius 3 is 2.28 bits per heavy atom. The maximum absolute atomic E-state index is 12.4. The molecule has 8 heteroatoms. The van der Waals surface area contributed by atoms with Crippen molar-refractivity contribution in [2.45, 2.75) is 47.0 Å². The van der Waals surface area contributed by atoms with Gasteiger partial charge >= 0.3 is 0 Å². The lowest BCUT2D eigenvalue weighted by Gasteiger charge is -2.11. The normalized spacial score (nSPS) is 11.1. The molecule has 3 aromatic rings. The Labute approximate surface area is 169 Å². The lowest BCUT2D eigenvalue weighted by Crippen LogP contribution is -2.15. The number of amides is 2. The zero-order chi connectivity index (χ0) is 21.0. The average Bonchev–Trinajstić information content (AvgIpc) is 3.11. The highest BCUT2D eigenvalue weighted by atomic mass is 16.2. The van der Waals surface area contributed by atoms with Crippen molar-refractivity contribution < 1.29 is 9.59 Å². The minimum atomic E-state index is -0.0842. The molecule has 29 heavy (non-hydrogen) atoms. The summed E-state index contributed by atoms with van der Waals surface area (Å²) in [4.78, 5) is 32.7. The van der Waals surface area contributed by atoms with Gasteiger partial charge in [0.1, 0.15) is 6.33 Å². The summed E-state index contributed by atoms with van der Waals surface area (Å²) in [5, 5.41) is 9.91. The van der Waals surface area contributed by atoms with Crippen LogP contribution in [0.5, 0.6) is 0 Å². The molecule has 0 aliphatic carbocycles. The van der Waals surface area contributed by atoms with Crippen molar-refractivity contribution >= 4 is 29.0 Å². The zero-order valence-corrected chi connectivity index (χ0v) is 17.2. The number of hydrogen-bond acceptors (Lipinski definition) is 5. The number of aromatic nitrogens is 4. The molecule has 0 unspecified atom stereocenters. The monoisotopic (exact) mass is 394 g/mol. The van der Waals surface area contributed by atoms with Crippen molar-refractivity contribution in [2.75, 3.05) is 10.6 Å². The van der Waals surface area contributed by atoms with Gasteiger partial charge in [-0.25, -0.2) is 9.50 Å². The van der Waals surface area contributed by atoms with Crippen LogP contribution >= 0.6 is 0 Å². The highest BCUT2D eigenvalue weighted by Crippen LogP contribution is 2.17. The summed E-state index contributed by atoms with van der Waals surface area (Å²) in [6.45, 7) is 7.87. The van der Waals surface area contributed by atoms with Gasteiger partial charge in [-0.1, -0.05) is 13.8 Å². The van der Waals surface area contributed by atoms with E-state index in [-0.39, 0.29) is 11.8 Å². The summed E-state index contributed by atoms with van der Waals surface area (Å²) >= 11 is 0. The Morgan fingerprint density at radius 1 is 1.03 bits per heavy atom. The van der Waals surface area contributed by atoms with E-state index in [1.165, 1.54) is 6.33 Å². The number of nitrogens with one attached hydrogen (secondary N) is 2. The number of carbonyl (C=O) groups excluding carboxylic acids is 2. The largest absolute Gasteiger partial charge is 0.326 e. The first-order valence-corrected chi connectivity index (χ1v) is 9.69. The van der Waals surface area contributed by atoms with Gasteiger partial charge in [0.15, 0.2) is 0 Å². The molecule has 8 nitrogen and oxygen atoms in total. The van der Waals surface area contributed by atoms with Crippen molar-refractivity contribution in [2.24, 2.45) is 5.92 Å². The standard InChI is InChI=1S/C21H26N6O2/c1-13(2)11-20(29)26-17-7-5-16(6-8-17)25-19(28)10-9-18-14(3)24-21-22-12-23-27(21)15(18)4/h5-8,12-13H,9-11H2,1-4H3,(H,25,28)(H,26,29). The Hall–Kier alpha value is -3.29. The number of nitrogens with zero attached hydrogens (tertiary/aromatic N) is 4.